The van der Waals surface area contributed by atoms with E-state index in [4.69, 9.17) is 29.0 Å². The molecule has 1 saturated heterocycles. The molecule has 1 aromatic carbocycles. The molecular formula is C22H31N3O7P2. The second-order valence-electron chi connectivity index (χ2n) is 9.67. The molecule has 5 rings (SSSR count). The predicted octanol–water partition coefficient (Wildman–Crippen LogP) is 4.42. The van der Waals surface area contributed by atoms with Crippen molar-refractivity contribution in [1.82, 2.24) is 9.97 Å². The molecule has 12 heteroatoms. The lowest BCUT2D eigenvalue weighted by Crippen LogP contribution is -2.17. The van der Waals surface area contributed by atoms with Crippen LogP contribution >= 0.6 is 15.2 Å². The summed E-state index contributed by atoms with van der Waals surface area (Å²) in [6.45, 7) is -0.193. The molecule has 0 radical (unpaired) electrons. The van der Waals surface area contributed by atoms with Crippen molar-refractivity contribution in [2.75, 3.05) is 17.8 Å². The highest BCUT2D eigenvalue weighted by Gasteiger charge is 2.34. The molecule has 2 aliphatic carbocycles. The van der Waals surface area contributed by atoms with E-state index in [-0.39, 0.29) is 12.7 Å². The molecule has 34 heavy (non-hydrogen) atoms. The molecule has 1 aromatic heterocycles. The van der Waals surface area contributed by atoms with Gasteiger partial charge in [-0.15, -0.1) is 0 Å². The van der Waals surface area contributed by atoms with E-state index in [1.165, 1.54) is 12.8 Å². The van der Waals surface area contributed by atoms with Gasteiger partial charge in [-0.05, 0) is 56.2 Å². The Morgan fingerprint density at radius 2 is 1.79 bits per heavy atom. The summed E-state index contributed by atoms with van der Waals surface area (Å²) in [5.74, 6) is 1.05. The van der Waals surface area contributed by atoms with Crippen molar-refractivity contribution in [3.8, 4) is 0 Å². The Morgan fingerprint density at radius 1 is 1.03 bits per heavy atom. The number of benzene rings is 1. The first-order valence-corrected chi connectivity index (χ1v) is 15.5. The molecule has 2 saturated carbocycles. The van der Waals surface area contributed by atoms with Crippen LogP contribution in [-0.4, -0.2) is 49.3 Å². The fraction of sp³-hybridized carbons (Fsp3) is 0.636. The topological polar surface area (TPSA) is 151 Å². The summed E-state index contributed by atoms with van der Waals surface area (Å²) in [4.78, 5) is 37.3. The molecule has 1 unspecified atom stereocenters. The van der Waals surface area contributed by atoms with Gasteiger partial charge in [0.15, 0.2) is 5.90 Å². The standard InChI is InChI=1S/C22H31N3O7P2/c26-33(27,28)13-34(29,30)31-12-17-8-10-20(32-17)15-7-9-18-19(11-15)24-21(14-5-6-14)25-22(18)23-16-3-1-2-4-16/h7,9,11,14,16-17,20H,1-6,8,10,12-13H2,(H,29,30)(H,23,24,25)(H2,26,27,28)/t17-,20+/m0/s1. The van der Waals surface area contributed by atoms with Crippen molar-refractivity contribution in [2.24, 2.45) is 0 Å². The summed E-state index contributed by atoms with van der Waals surface area (Å²) in [6.07, 6.45) is 7.76. The molecule has 2 aromatic rings. The van der Waals surface area contributed by atoms with Gasteiger partial charge in [0, 0.05) is 17.3 Å². The lowest BCUT2D eigenvalue weighted by molar-refractivity contribution is 0.0150. The summed E-state index contributed by atoms with van der Waals surface area (Å²) >= 11 is 0. The maximum Gasteiger partial charge on any atom is 0.340 e. The molecule has 4 N–H and O–H groups in total. The monoisotopic (exact) mass is 511 g/mol. The van der Waals surface area contributed by atoms with Gasteiger partial charge in [0.1, 0.15) is 11.6 Å². The van der Waals surface area contributed by atoms with Gasteiger partial charge >= 0.3 is 15.2 Å². The number of hydrogen-bond acceptors (Lipinski definition) is 7. The van der Waals surface area contributed by atoms with E-state index in [1.54, 1.807) is 0 Å². The maximum absolute atomic E-state index is 11.9. The summed E-state index contributed by atoms with van der Waals surface area (Å²) in [5, 5.41) is 4.64. The highest BCUT2D eigenvalue weighted by atomic mass is 31.2. The highest BCUT2D eigenvalue weighted by molar-refractivity contribution is 7.70. The third-order valence-electron chi connectivity index (χ3n) is 6.68. The Kier molecular flexibility index (Phi) is 6.85. The van der Waals surface area contributed by atoms with Crippen molar-refractivity contribution >= 4 is 31.9 Å². The number of nitrogens with zero attached hydrogens (tertiary/aromatic N) is 2. The molecule has 0 amide bonds. The van der Waals surface area contributed by atoms with E-state index >= 15 is 0 Å². The van der Waals surface area contributed by atoms with E-state index in [2.05, 4.69) is 5.32 Å². The van der Waals surface area contributed by atoms with Gasteiger partial charge in [0.2, 0.25) is 0 Å². The normalized spacial score (nSPS) is 25.6. The maximum atomic E-state index is 11.9. The van der Waals surface area contributed by atoms with Crippen LogP contribution in [0.2, 0.25) is 0 Å². The van der Waals surface area contributed by atoms with Crippen molar-refractivity contribution < 1.29 is 33.1 Å². The second-order valence-corrected chi connectivity index (χ2v) is 13.7. The molecule has 186 valence electrons. The Hall–Kier alpha value is -1.38. The van der Waals surface area contributed by atoms with Crippen molar-refractivity contribution in [2.45, 2.75) is 75.5 Å². The molecule has 3 atom stereocenters. The van der Waals surface area contributed by atoms with Crippen molar-refractivity contribution in [3.63, 3.8) is 0 Å². The van der Waals surface area contributed by atoms with Gasteiger partial charge in [-0.2, -0.15) is 0 Å². The van der Waals surface area contributed by atoms with Gasteiger partial charge in [0.05, 0.1) is 24.3 Å². The Morgan fingerprint density at radius 3 is 2.50 bits per heavy atom. The number of aromatic nitrogens is 2. The Balaban J connectivity index is 1.29. The zero-order valence-corrected chi connectivity index (χ0v) is 20.7. The fourth-order valence-electron chi connectivity index (χ4n) is 4.81. The minimum absolute atomic E-state index is 0.193. The number of anilines is 1. The molecular weight excluding hydrogens is 480 g/mol. The lowest BCUT2D eigenvalue weighted by Gasteiger charge is -2.18. The average Bonchev–Trinajstić information content (AvgIpc) is 3.27. The first-order valence-electron chi connectivity index (χ1n) is 11.9. The van der Waals surface area contributed by atoms with E-state index in [0.29, 0.717) is 24.8 Å². The number of rotatable bonds is 9. The summed E-state index contributed by atoms with van der Waals surface area (Å²) in [7, 11) is -9.03. The van der Waals surface area contributed by atoms with Crippen molar-refractivity contribution in [1.29, 1.82) is 0 Å². The SMILES string of the molecule is O=P(O)(O)CP(=O)(O)OC[C@@H]1CC[C@H](c2ccc3c(NC4CCCC4)nc(C4CC4)nc3c2)O1. The van der Waals surface area contributed by atoms with Crippen LogP contribution in [0.15, 0.2) is 18.2 Å². The summed E-state index contributed by atoms with van der Waals surface area (Å²) in [5.41, 5.74) is 1.87. The fourth-order valence-corrected chi connectivity index (χ4v) is 7.40. The van der Waals surface area contributed by atoms with Gasteiger partial charge < -0.3 is 29.3 Å². The summed E-state index contributed by atoms with van der Waals surface area (Å²) < 4.78 is 33.9. The van der Waals surface area contributed by atoms with Crippen LogP contribution < -0.4 is 5.32 Å². The van der Waals surface area contributed by atoms with E-state index in [0.717, 1.165) is 53.8 Å². The predicted molar refractivity (Wildman–Crippen MR) is 127 cm³/mol. The first-order chi connectivity index (χ1) is 16.2. The van der Waals surface area contributed by atoms with Crippen LogP contribution in [0.5, 0.6) is 0 Å². The van der Waals surface area contributed by atoms with Crippen LogP contribution in [0.3, 0.4) is 0 Å². The average molecular weight is 511 g/mol. The van der Waals surface area contributed by atoms with E-state index in [1.807, 2.05) is 18.2 Å². The molecule has 1 aliphatic heterocycles. The number of hydrogen-bond donors (Lipinski definition) is 4. The molecule has 3 fully saturated rings. The van der Waals surface area contributed by atoms with E-state index < -0.39 is 27.2 Å². The van der Waals surface area contributed by atoms with Crippen LogP contribution in [0.1, 0.15) is 74.8 Å². The van der Waals surface area contributed by atoms with Crippen LogP contribution in [0.4, 0.5) is 5.82 Å². The Labute approximate surface area is 198 Å². The smallest absolute Gasteiger partial charge is 0.340 e. The zero-order chi connectivity index (χ0) is 23.9. The lowest BCUT2D eigenvalue weighted by atomic mass is 10.0. The van der Waals surface area contributed by atoms with Gasteiger partial charge in [-0.3, -0.25) is 9.13 Å². The van der Waals surface area contributed by atoms with Crippen LogP contribution in [0, 0.1) is 0 Å². The van der Waals surface area contributed by atoms with Crippen molar-refractivity contribution in [3.05, 3.63) is 29.6 Å². The van der Waals surface area contributed by atoms with Crippen LogP contribution in [-0.2, 0) is 18.4 Å². The molecule has 10 nitrogen and oxygen atoms in total. The molecule has 3 aliphatic rings. The molecule has 0 bridgehead atoms. The number of ether oxygens (including phenoxy) is 1. The molecule has 2 heterocycles. The van der Waals surface area contributed by atoms with Gasteiger partial charge in [0.25, 0.3) is 0 Å². The third kappa shape index (κ3) is 6.05. The highest BCUT2D eigenvalue weighted by Crippen LogP contribution is 2.55. The van der Waals surface area contributed by atoms with Gasteiger partial charge in [-0.25, -0.2) is 9.97 Å². The minimum Gasteiger partial charge on any atom is -0.368 e. The largest absolute Gasteiger partial charge is 0.368 e. The van der Waals surface area contributed by atoms with E-state index in [9.17, 15) is 14.0 Å². The number of fused-ring (bicyclic) bond motifs is 1. The minimum atomic E-state index is -4.65. The first kappa shape index (κ1) is 24.3. The quantitative estimate of drug-likeness (QED) is 0.356. The second kappa shape index (κ2) is 9.58. The summed E-state index contributed by atoms with van der Waals surface area (Å²) in [6, 6.07) is 6.55. The number of nitrogens with one attached hydrogen (secondary N) is 1. The Bertz CT molecular complexity index is 1150. The van der Waals surface area contributed by atoms with Gasteiger partial charge in [-0.1, -0.05) is 18.9 Å². The molecule has 0 spiro atoms. The third-order valence-corrected chi connectivity index (χ3v) is 10.1. The van der Waals surface area contributed by atoms with Crippen LogP contribution in [0.25, 0.3) is 10.9 Å². The zero-order valence-electron chi connectivity index (χ0n) is 18.9.